The van der Waals surface area contributed by atoms with Gasteiger partial charge in [-0.25, -0.2) is 0 Å². The molecule has 0 aromatic carbocycles. The van der Waals surface area contributed by atoms with Gasteiger partial charge in [0.25, 0.3) is 0 Å². The molecule has 8 nitrogen and oxygen atoms in total. The molecule has 3 aliphatic rings. The van der Waals surface area contributed by atoms with Gasteiger partial charge in [0.15, 0.2) is 0 Å². The van der Waals surface area contributed by atoms with Crippen LogP contribution in [0.5, 0.6) is 0 Å². The summed E-state index contributed by atoms with van der Waals surface area (Å²) >= 11 is 0. The highest BCUT2D eigenvalue weighted by atomic mass is 16.5. The molecule has 3 amide bonds. The Bertz CT molecular complexity index is 921. The van der Waals surface area contributed by atoms with Crippen LogP contribution in [-0.2, 0) is 19.1 Å². The van der Waals surface area contributed by atoms with E-state index in [1.54, 1.807) is 29.0 Å². The molecule has 3 fully saturated rings. The Kier molecular flexibility index (Phi) is 8.35. The maximum atomic E-state index is 14.6. The molecule has 1 spiro atoms. The molecule has 6 atom stereocenters. The van der Waals surface area contributed by atoms with Crippen molar-refractivity contribution < 1.29 is 24.2 Å². The summed E-state index contributed by atoms with van der Waals surface area (Å²) in [6, 6.07) is -1.45. The standard InChI is InChI=1S/C29H47N3O5/c1-10-15-30(9)24(34)21-20-13-14-29(37-20)22(21)25(35)32(19(12-3)17-33)23(29)26(36)31(16-11-2)28(7,8)18-27(4,5)6/h10-11,19-23,33H,1-2,12-18H2,3-9H3/t19-,20-,21+,22-,23?,29?/m0/s1. The van der Waals surface area contributed by atoms with Gasteiger partial charge in [0.2, 0.25) is 17.7 Å². The van der Waals surface area contributed by atoms with E-state index in [9.17, 15) is 19.5 Å². The third-order valence-corrected chi connectivity index (χ3v) is 8.38. The van der Waals surface area contributed by atoms with Crippen molar-refractivity contribution >= 4 is 17.7 Å². The summed E-state index contributed by atoms with van der Waals surface area (Å²) in [5, 5.41) is 10.3. The predicted octanol–water partition coefficient (Wildman–Crippen LogP) is 3.01. The highest BCUT2D eigenvalue weighted by Gasteiger charge is 2.75. The average Bonchev–Trinajstić information content (AvgIpc) is 3.44. The number of ether oxygens (including phenoxy) is 1. The molecule has 1 N–H and O–H groups in total. The molecule has 0 aromatic rings. The molecule has 3 saturated heterocycles. The lowest BCUT2D eigenvalue weighted by Gasteiger charge is -2.46. The minimum absolute atomic E-state index is 0.0399. The van der Waals surface area contributed by atoms with Crippen LogP contribution < -0.4 is 0 Å². The summed E-state index contributed by atoms with van der Waals surface area (Å²) in [5.74, 6) is -2.04. The zero-order valence-electron chi connectivity index (χ0n) is 23.8. The molecular formula is C29H47N3O5. The first-order chi connectivity index (χ1) is 17.2. The van der Waals surface area contributed by atoms with Gasteiger partial charge in [0, 0.05) is 25.7 Å². The van der Waals surface area contributed by atoms with Gasteiger partial charge in [-0.3, -0.25) is 14.4 Å². The summed E-state index contributed by atoms with van der Waals surface area (Å²) in [6.07, 6.45) is 5.33. The zero-order valence-corrected chi connectivity index (χ0v) is 23.8. The van der Waals surface area contributed by atoms with Crippen LogP contribution in [0.4, 0.5) is 0 Å². The highest BCUT2D eigenvalue weighted by Crippen LogP contribution is 2.59. The number of hydrogen-bond donors (Lipinski definition) is 1. The third-order valence-electron chi connectivity index (χ3n) is 8.38. The number of likely N-dealkylation sites (N-methyl/N-ethyl adjacent to an activating group) is 1. The number of hydrogen-bond acceptors (Lipinski definition) is 5. The monoisotopic (exact) mass is 517 g/mol. The van der Waals surface area contributed by atoms with Crippen LogP contribution in [0.1, 0.15) is 67.2 Å². The first-order valence-electron chi connectivity index (χ1n) is 13.6. The molecule has 3 heterocycles. The molecule has 3 rings (SSSR count). The van der Waals surface area contributed by atoms with E-state index in [1.165, 1.54) is 0 Å². The SMILES string of the molecule is C=CCN(C)C(=O)[C@@H]1[C@@H]2CCC3(O2)C(C(=O)N(CC=C)C(C)(C)CC(C)(C)C)N([C@@H](CC)CO)C(=O)[C@H]13. The predicted molar refractivity (Wildman–Crippen MR) is 144 cm³/mol. The van der Waals surface area contributed by atoms with E-state index in [1.807, 2.05) is 25.7 Å². The lowest BCUT2D eigenvalue weighted by Crippen LogP contribution is -2.62. The molecule has 2 bridgehead atoms. The van der Waals surface area contributed by atoms with E-state index < -0.39 is 41.2 Å². The third kappa shape index (κ3) is 4.99. The van der Waals surface area contributed by atoms with Crippen molar-refractivity contribution in [2.45, 2.75) is 96.6 Å². The lowest BCUT2D eigenvalue weighted by atomic mass is 9.70. The van der Waals surface area contributed by atoms with Crippen LogP contribution in [0, 0.1) is 17.3 Å². The number of carbonyl (C=O) groups excluding carboxylic acids is 3. The Morgan fingerprint density at radius 2 is 1.81 bits per heavy atom. The lowest BCUT2D eigenvalue weighted by molar-refractivity contribution is -0.155. The number of carbonyl (C=O) groups is 3. The molecule has 0 saturated carbocycles. The minimum atomic E-state index is -1.09. The van der Waals surface area contributed by atoms with Crippen molar-refractivity contribution in [2.75, 3.05) is 26.7 Å². The molecular weight excluding hydrogens is 470 g/mol. The van der Waals surface area contributed by atoms with Crippen molar-refractivity contribution in [2.24, 2.45) is 17.3 Å². The Balaban J connectivity index is 2.12. The largest absolute Gasteiger partial charge is 0.394 e. The van der Waals surface area contributed by atoms with Crippen LogP contribution in [-0.4, -0.2) is 93.6 Å². The van der Waals surface area contributed by atoms with Gasteiger partial charge in [-0.1, -0.05) is 39.8 Å². The molecule has 0 aromatic heterocycles. The number of rotatable bonds is 11. The maximum Gasteiger partial charge on any atom is 0.249 e. The minimum Gasteiger partial charge on any atom is -0.394 e. The number of aliphatic hydroxyl groups is 1. The van der Waals surface area contributed by atoms with Crippen LogP contribution in [0.2, 0.25) is 0 Å². The topological polar surface area (TPSA) is 90.4 Å². The number of fused-ring (bicyclic) bond motifs is 1. The number of likely N-dealkylation sites (tertiary alicyclic amines) is 1. The summed E-state index contributed by atoms with van der Waals surface area (Å²) in [5.41, 5.74) is -1.65. The summed E-state index contributed by atoms with van der Waals surface area (Å²) in [7, 11) is 1.70. The second kappa shape index (κ2) is 10.5. The van der Waals surface area contributed by atoms with Gasteiger partial charge in [0.1, 0.15) is 11.6 Å². The number of nitrogens with zero attached hydrogens (tertiary/aromatic N) is 3. The van der Waals surface area contributed by atoms with Crippen molar-refractivity contribution in [1.29, 1.82) is 0 Å². The van der Waals surface area contributed by atoms with E-state index in [0.29, 0.717) is 32.4 Å². The second-order valence-electron chi connectivity index (χ2n) is 12.8. The van der Waals surface area contributed by atoms with Crippen molar-refractivity contribution in [3.05, 3.63) is 25.3 Å². The molecule has 2 unspecified atom stereocenters. The fraction of sp³-hybridized carbons (Fsp3) is 0.759. The van der Waals surface area contributed by atoms with Gasteiger partial charge < -0.3 is 24.5 Å². The van der Waals surface area contributed by atoms with Crippen LogP contribution in [0.25, 0.3) is 0 Å². The molecule has 0 radical (unpaired) electrons. The van der Waals surface area contributed by atoms with E-state index in [-0.39, 0.29) is 29.7 Å². The fourth-order valence-electron chi connectivity index (χ4n) is 7.30. The quantitative estimate of drug-likeness (QED) is 0.426. The van der Waals surface area contributed by atoms with E-state index in [4.69, 9.17) is 4.74 Å². The molecule has 8 heteroatoms. The van der Waals surface area contributed by atoms with Gasteiger partial charge in [-0.05, 0) is 44.9 Å². The average molecular weight is 518 g/mol. The number of amides is 3. The zero-order chi connectivity index (χ0) is 27.9. The van der Waals surface area contributed by atoms with Gasteiger partial charge in [-0.2, -0.15) is 0 Å². The van der Waals surface area contributed by atoms with E-state index in [0.717, 1.165) is 6.42 Å². The first kappa shape index (κ1) is 29.4. The smallest absolute Gasteiger partial charge is 0.249 e. The Hall–Kier alpha value is -2.19. The Labute approximate surface area is 222 Å². The first-order valence-corrected chi connectivity index (χ1v) is 13.6. The molecule has 37 heavy (non-hydrogen) atoms. The van der Waals surface area contributed by atoms with E-state index >= 15 is 0 Å². The van der Waals surface area contributed by atoms with Crippen molar-refractivity contribution in [1.82, 2.24) is 14.7 Å². The van der Waals surface area contributed by atoms with Crippen molar-refractivity contribution in [3.63, 3.8) is 0 Å². The van der Waals surface area contributed by atoms with Crippen LogP contribution >= 0.6 is 0 Å². The maximum absolute atomic E-state index is 14.6. The van der Waals surface area contributed by atoms with E-state index in [2.05, 4.69) is 33.9 Å². The molecule has 208 valence electrons. The second-order valence-corrected chi connectivity index (χ2v) is 12.8. The fourth-order valence-corrected chi connectivity index (χ4v) is 7.30. The summed E-state index contributed by atoms with van der Waals surface area (Å²) in [4.78, 5) is 47.2. The molecule has 3 aliphatic heterocycles. The van der Waals surface area contributed by atoms with Gasteiger partial charge >= 0.3 is 0 Å². The summed E-state index contributed by atoms with van der Waals surface area (Å²) < 4.78 is 6.57. The van der Waals surface area contributed by atoms with Gasteiger partial charge in [0.05, 0.1) is 30.6 Å². The van der Waals surface area contributed by atoms with Crippen molar-refractivity contribution in [3.8, 4) is 0 Å². The Morgan fingerprint density at radius 3 is 2.32 bits per heavy atom. The van der Waals surface area contributed by atoms with Crippen LogP contribution in [0.15, 0.2) is 25.3 Å². The summed E-state index contributed by atoms with van der Waals surface area (Å²) in [6.45, 7) is 20.5. The number of aliphatic hydroxyl groups excluding tert-OH is 1. The normalized spacial score (nSPS) is 29.7. The van der Waals surface area contributed by atoms with Crippen LogP contribution in [0.3, 0.4) is 0 Å². The van der Waals surface area contributed by atoms with Gasteiger partial charge in [-0.15, -0.1) is 13.2 Å². The Morgan fingerprint density at radius 1 is 1.19 bits per heavy atom. The highest BCUT2D eigenvalue weighted by molar-refractivity contribution is 5.99. The molecule has 0 aliphatic carbocycles.